The van der Waals surface area contributed by atoms with Crippen molar-refractivity contribution in [2.24, 2.45) is 0 Å². The molecule has 0 atom stereocenters. The molecule has 0 amide bonds. The van der Waals surface area contributed by atoms with E-state index < -0.39 is 5.97 Å². The Hall–Kier alpha value is -2.29. The standard InChI is InChI=1S/C17H19NO2/c1-12-4-6-14(7-5-12)11-18(3)15-8-9-16(17(19)20)13(2)10-15/h4-10H,11H2,1-3H3,(H,19,20). The number of carboxylic acid groups (broad SMARTS) is 1. The molecule has 3 heteroatoms. The van der Waals surface area contributed by atoms with Crippen molar-refractivity contribution in [3.05, 3.63) is 64.7 Å². The van der Waals surface area contributed by atoms with Gasteiger partial charge in [0, 0.05) is 19.3 Å². The Labute approximate surface area is 119 Å². The van der Waals surface area contributed by atoms with Crippen LogP contribution in [0.4, 0.5) is 5.69 Å². The highest BCUT2D eigenvalue weighted by molar-refractivity contribution is 5.89. The fraction of sp³-hybridized carbons (Fsp3) is 0.235. The van der Waals surface area contributed by atoms with E-state index in [9.17, 15) is 4.79 Å². The van der Waals surface area contributed by atoms with E-state index in [1.807, 2.05) is 26.1 Å². The number of anilines is 1. The Morgan fingerprint density at radius 3 is 2.30 bits per heavy atom. The summed E-state index contributed by atoms with van der Waals surface area (Å²) in [5.41, 5.74) is 4.65. The fourth-order valence-corrected chi connectivity index (χ4v) is 2.18. The minimum atomic E-state index is -0.879. The van der Waals surface area contributed by atoms with E-state index in [2.05, 4.69) is 36.1 Å². The van der Waals surface area contributed by atoms with Crippen LogP contribution in [0.5, 0.6) is 0 Å². The quantitative estimate of drug-likeness (QED) is 0.921. The Bertz CT molecular complexity index is 617. The number of aryl methyl sites for hydroxylation is 2. The molecule has 0 aliphatic carbocycles. The number of carboxylic acids is 1. The van der Waals surface area contributed by atoms with Crippen LogP contribution in [0.2, 0.25) is 0 Å². The summed E-state index contributed by atoms with van der Waals surface area (Å²) in [6.07, 6.45) is 0. The Kier molecular flexibility index (Phi) is 4.08. The first-order valence-corrected chi connectivity index (χ1v) is 6.58. The number of rotatable bonds is 4. The fourth-order valence-electron chi connectivity index (χ4n) is 2.18. The molecule has 0 bridgehead atoms. The highest BCUT2D eigenvalue weighted by Gasteiger charge is 2.09. The summed E-state index contributed by atoms with van der Waals surface area (Å²) >= 11 is 0. The van der Waals surface area contributed by atoms with Crippen LogP contribution >= 0.6 is 0 Å². The van der Waals surface area contributed by atoms with Gasteiger partial charge >= 0.3 is 5.97 Å². The van der Waals surface area contributed by atoms with Gasteiger partial charge < -0.3 is 10.0 Å². The summed E-state index contributed by atoms with van der Waals surface area (Å²) < 4.78 is 0. The average Bonchev–Trinajstić information content (AvgIpc) is 2.40. The minimum Gasteiger partial charge on any atom is -0.478 e. The molecule has 2 aromatic rings. The first-order valence-electron chi connectivity index (χ1n) is 6.58. The number of hydrogen-bond acceptors (Lipinski definition) is 2. The van der Waals surface area contributed by atoms with Crippen LogP contribution in [0.3, 0.4) is 0 Å². The predicted octanol–water partition coefficient (Wildman–Crippen LogP) is 3.64. The van der Waals surface area contributed by atoms with Crippen molar-refractivity contribution in [2.45, 2.75) is 20.4 Å². The SMILES string of the molecule is Cc1ccc(CN(C)c2ccc(C(=O)O)c(C)c2)cc1. The molecule has 1 N–H and O–H groups in total. The molecule has 0 aliphatic heterocycles. The molecule has 0 radical (unpaired) electrons. The first kappa shape index (κ1) is 14.1. The largest absolute Gasteiger partial charge is 0.478 e. The molecule has 0 spiro atoms. The summed E-state index contributed by atoms with van der Waals surface area (Å²) in [6.45, 7) is 4.69. The first-order chi connectivity index (χ1) is 9.47. The number of carbonyl (C=O) groups is 1. The van der Waals surface area contributed by atoms with Crippen LogP contribution in [0.1, 0.15) is 27.0 Å². The van der Waals surface area contributed by atoms with Crippen LogP contribution in [-0.2, 0) is 6.54 Å². The second-order valence-corrected chi connectivity index (χ2v) is 5.15. The van der Waals surface area contributed by atoms with Crippen LogP contribution in [0.15, 0.2) is 42.5 Å². The van der Waals surface area contributed by atoms with Gasteiger partial charge in [-0.1, -0.05) is 29.8 Å². The van der Waals surface area contributed by atoms with Crippen LogP contribution < -0.4 is 4.90 Å². The molecule has 0 aromatic heterocycles. The molecule has 0 heterocycles. The predicted molar refractivity (Wildman–Crippen MR) is 81.4 cm³/mol. The van der Waals surface area contributed by atoms with Gasteiger partial charge in [0.15, 0.2) is 0 Å². The van der Waals surface area contributed by atoms with E-state index in [-0.39, 0.29) is 0 Å². The van der Waals surface area contributed by atoms with Crippen molar-refractivity contribution in [3.8, 4) is 0 Å². The molecule has 0 fully saturated rings. The van der Waals surface area contributed by atoms with Crippen molar-refractivity contribution < 1.29 is 9.90 Å². The maximum atomic E-state index is 11.0. The summed E-state index contributed by atoms with van der Waals surface area (Å²) in [4.78, 5) is 13.1. The third-order valence-corrected chi connectivity index (χ3v) is 3.42. The lowest BCUT2D eigenvalue weighted by atomic mass is 10.1. The van der Waals surface area contributed by atoms with Crippen LogP contribution in [-0.4, -0.2) is 18.1 Å². The summed E-state index contributed by atoms with van der Waals surface area (Å²) in [5, 5.41) is 9.04. The molecule has 104 valence electrons. The van der Waals surface area contributed by atoms with Crippen molar-refractivity contribution >= 4 is 11.7 Å². The maximum Gasteiger partial charge on any atom is 0.335 e. The van der Waals surface area contributed by atoms with Crippen LogP contribution in [0, 0.1) is 13.8 Å². The molecular weight excluding hydrogens is 250 g/mol. The van der Waals surface area contributed by atoms with E-state index >= 15 is 0 Å². The number of aromatic carboxylic acids is 1. The van der Waals surface area contributed by atoms with Gasteiger partial charge in [0.1, 0.15) is 0 Å². The maximum absolute atomic E-state index is 11.0. The second-order valence-electron chi connectivity index (χ2n) is 5.15. The van der Waals surface area contributed by atoms with E-state index in [4.69, 9.17) is 5.11 Å². The molecule has 2 rings (SSSR count). The molecular formula is C17H19NO2. The summed E-state index contributed by atoms with van der Waals surface area (Å²) in [5.74, 6) is -0.879. The average molecular weight is 269 g/mol. The Morgan fingerprint density at radius 2 is 1.75 bits per heavy atom. The zero-order chi connectivity index (χ0) is 14.7. The van der Waals surface area contributed by atoms with Gasteiger partial charge in [-0.3, -0.25) is 0 Å². The smallest absolute Gasteiger partial charge is 0.335 e. The van der Waals surface area contributed by atoms with E-state index in [0.717, 1.165) is 17.8 Å². The monoisotopic (exact) mass is 269 g/mol. The summed E-state index contributed by atoms with van der Waals surface area (Å²) in [6, 6.07) is 13.9. The van der Waals surface area contributed by atoms with E-state index in [1.165, 1.54) is 11.1 Å². The molecule has 0 saturated heterocycles. The van der Waals surface area contributed by atoms with Gasteiger partial charge in [-0.25, -0.2) is 4.79 Å². The lowest BCUT2D eigenvalue weighted by Gasteiger charge is -2.20. The molecule has 0 saturated carbocycles. The molecule has 3 nitrogen and oxygen atoms in total. The third-order valence-electron chi connectivity index (χ3n) is 3.42. The van der Waals surface area contributed by atoms with Crippen molar-refractivity contribution in [2.75, 3.05) is 11.9 Å². The zero-order valence-electron chi connectivity index (χ0n) is 12.1. The van der Waals surface area contributed by atoms with Gasteiger partial charge in [-0.2, -0.15) is 0 Å². The van der Waals surface area contributed by atoms with Gasteiger partial charge in [-0.05, 0) is 43.2 Å². The topological polar surface area (TPSA) is 40.5 Å². The minimum absolute atomic E-state index is 0.359. The third kappa shape index (κ3) is 3.18. The highest BCUT2D eigenvalue weighted by atomic mass is 16.4. The number of nitrogens with zero attached hydrogens (tertiary/aromatic N) is 1. The molecule has 0 aliphatic rings. The van der Waals surface area contributed by atoms with Gasteiger partial charge in [0.2, 0.25) is 0 Å². The Morgan fingerprint density at radius 1 is 1.10 bits per heavy atom. The van der Waals surface area contributed by atoms with Gasteiger partial charge in [0.05, 0.1) is 5.56 Å². The van der Waals surface area contributed by atoms with Crippen molar-refractivity contribution in [3.63, 3.8) is 0 Å². The highest BCUT2D eigenvalue weighted by Crippen LogP contribution is 2.20. The lowest BCUT2D eigenvalue weighted by Crippen LogP contribution is -2.16. The van der Waals surface area contributed by atoms with Crippen molar-refractivity contribution in [1.29, 1.82) is 0 Å². The molecule has 2 aromatic carbocycles. The number of hydrogen-bond donors (Lipinski definition) is 1. The number of benzene rings is 2. The lowest BCUT2D eigenvalue weighted by molar-refractivity contribution is 0.0696. The zero-order valence-corrected chi connectivity index (χ0v) is 12.1. The van der Waals surface area contributed by atoms with Gasteiger partial charge in [-0.15, -0.1) is 0 Å². The Balaban J connectivity index is 2.17. The normalized spacial score (nSPS) is 10.3. The van der Waals surface area contributed by atoms with Crippen molar-refractivity contribution in [1.82, 2.24) is 0 Å². The second kappa shape index (κ2) is 5.78. The van der Waals surface area contributed by atoms with Crippen LogP contribution in [0.25, 0.3) is 0 Å². The molecule has 0 unspecified atom stereocenters. The van der Waals surface area contributed by atoms with E-state index in [1.54, 1.807) is 6.07 Å². The summed E-state index contributed by atoms with van der Waals surface area (Å²) in [7, 11) is 2.01. The molecule has 20 heavy (non-hydrogen) atoms. The van der Waals surface area contributed by atoms with Gasteiger partial charge in [0.25, 0.3) is 0 Å². The van der Waals surface area contributed by atoms with E-state index in [0.29, 0.717) is 5.56 Å².